The van der Waals surface area contributed by atoms with Gasteiger partial charge in [-0.2, -0.15) is 0 Å². The van der Waals surface area contributed by atoms with Crippen LogP contribution in [0.3, 0.4) is 0 Å². The lowest BCUT2D eigenvalue weighted by atomic mass is 10.2. The predicted molar refractivity (Wildman–Crippen MR) is 72.4 cm³/mol. The zero-order chi connectivity index (χ0) is 13.7. The van der Waals surface area contributed by atoms with E-state index in [1.807, 2.05) is 13.8 Å². The van der Waals surface area contributed by atoms with Crippen LogP contribution in [0.2, 0.25) is 0 Å². The summed E-state index contributed by atoms with van der Waals surface area (Å²) >= 11 is 0. The van der Waals surface area contributed by atoms with Gasteiger partial charge in [-0.15, -0.1) is 0 Å². The van der Waals surface area contributed by atoms with E-state index in [2.05, 4.69) is 10.3 Å². The van der Waals surface area contributed by atoms with Gasteiger partial charge >= 0.3 is 0 Å². The first-order valence-electron chi connectivity index (χ1n) is 5.82. The van der Waals surface area contributed by atoms with Crippen LogP contribution < -0.4 is 11.1 Å². The monoisotopic (exact) mass is 269 g/mol. The Morgan fingerprint density at radius 1 is 1.50 bits per heavy atom. The zero-order valence-electron chi connectivity index (χ0n) is 10.8. The normalized spacial score (nSPS) is 14.2. The fraction of sp³-hybridized carbons (Fsp3) is 0.500. The molecule has 0 radical (unpaired) electrons. The Labute approximate surface area is 110 Å². The van der Waals surface area contributed by atoms with Crippen molar-refractivity contribution in [2.75, 3.05) is 12.3 Å². The molecule has 0 spiro atoms. The summed E-state index contributed by atoms with van der Waals surface area (Å²) in [5, 5.41) is 2.35. The maximum Gasteiger partial charge on any atom is 0.235 e. The van der Waals surface area contributed by atoms with Crippen LogP contribution >= 0.6 is 0 Å². The molecule has 1 rings (SSSR count). The summed E-state index contributed by atoms with van der Waals surface area (Å²) in [6.45, 7) is 6.18. The average molecular weight is 269 g/mol. The zero-order valence-corrected chi connectivity index (χ0v) is 11.7. The summed E-state index contributed by atoms with van der Waals surface area (Å²) < 4.78 is 12.2. The summed E-state index contributed by atoms with van der Waals surface area (Å²) in [4.78, 5) is 15.8. The van der Waals surface area contributed by atoms with Gasteiger partial charge in [0.2, 0.25) is 5.91 Å². The Bertz CT molecular complexity index is 449. The molecule has 0 saturated carbocycles. The second-order valence-electron chi connectivity index (χ2n) is 4.48. The van der Waals surface area contributed by atoms with Gasteiger partial charge in [0.1, 0.15) is 5.25 Å². The SMILES string of the molecule is CC(C)CNC(=O)C(C)S(=O)c1ncccc1N. The molecule has 1 heterocycles. The predicted octanol–water partition coefficient (Wildman–Crippen LogP) is 0.932. The highest BCUT2D eigenvalue weighted by Gasteiger charge is 2.23. The van der Waals surface area contributed by atoms with Gasteiger partial charge < -0.3 is 11.1 Å². The van der Waals surface area contributed by atoms with Crippen LogP contribution in [0.5, 0.6) is 0 Å². The first-order valence-corrected chi connectivity index (χ1v) is 7.03. The molecule has 18 heavy (non-hydrogen) atoms. The Kier molecular flexibility index (Phi) is 5.27. The van der Waals surface area contributed by atoms with Gasteiger partial charge in [0, 0.05) is 12.7 Å². The van der Waals surface area contributed by atoms with E-state index in [1.54, 1.807) is 19.1 Å². The number of nitrogen functional groups attached to an aromatic ring is 1. The minimum absolute atomic E-state index is 0.243. The fourth-order valence-electron chi connectivity index (χ4n) is 1.28. The molecule has 0 aliphatic heterocycles. The van der Waals surface area contributed by atoms with E-state index >= 15 is 0 Å². The highest BCUT2D eigenvalue weighted by molar-refractivity contribution is 7.86. The van der Waals surface area contributed by atoms with Crippen molar-refractivity contribution in [3.8, 4) is 0 Å². The molecule has 6 heteroatoms. The number of hydrogen-bond acceptors (Lipinski definition) is 4. The summed E-state index contributed by atoms with van der Waals surface area (Å²) in [5.41, 5.74) is 6.04. The number of nitrogens with zero attached hydrogens (tertiary/aromatic N) is 1. The number of carbonyl (C=O) groups is 1. The number of rotatable bonds is 5. The number of amides is 1. The van der Waals surface area contributed by atoms with Crippen LogP contribution in [0.15, 0.2) is 23.4 Å². The second kappa shape index (κ2) is 6.49. The first kappa shape index (κ1) is 14.6. The van der Waals surface area contributed by atoms with E-state index in [1.165, 1.54) is 6.20 Å². The number of pyridine rings is 1. The van der Waals surface area contributed by atoms with Crippen LogP contribution in [0.4, 0.5) is 5.69 Å². The van der Waals surface area contributed by atoms with Crippen molar-refractivity contribution < 1.29 is 9.00 Å². The Morgan fingerprint density at radius 2 is 2.17 bits per heavy atom. The maximum atomic E-state index is 12.2. The molecule has 5 nitrogen and oxygen atoms in total. The van der Waals surface area contributed by atoms with Gasteiger partial charge in [0.05, 0.1) is 16.5 Å². The van der Waals surface area contributed by atoms with E-state index in [0.717, 1.165) is 0 Å². The number of anilines is 1. The molecule has 0 aromatic carbocycles. The molecule has 0 saturated heterocycles. The molecular weight excluding hydrogens is 250 g/mol. The Hall–Kier alpha value is -1.43. The molecule has 0 bridgehead atoms. The average Bonchev–Trinajstić information content (AvgIpc) is 2.34. The number of nitrogens with two attached hydrogens (primary N) is 1. The lowest BCUT2D eigenvalue weighted by molar-refractivity contribution is -0.120. The van der Waals surface area contributed by atoms with Gasteiger partial charge in [-0.1, -0.05) is 13.8 Å². The third-order valence-electron chi connectivity index (χ3n) is 2.37. The summed E-state index contributed by atoms with van der Waals surface area (Å²) in [6.07, 6.45) is 1.52. The van der Waals surface area contributed by atoms with Crippen molar-refractivity contribution in [3.05, 3.63) is 18.3 Å². The van der Waals surface area contributed by atoms with E-state index < -0.39 is 16.0 Å². The van der Waals surface area contributed by atoms with Crippen molar-refractivity contribution >= 4 is 22.4 Å². The van der Waals surface area contributed by atoms with Gasteiger partial charge in [-0.05, 0) is 25.0 Å². The lowest BCUT2D eigenvalue weighted by Gasteiger charge is -2.13. The maximum absolute atomic E-state index is 12.2. The van der Waals surface area contributed by atoms with E-state index in [9.17, 15) is 9.00 Å². The van der Waals surface area contributed by atoms with Crippen LogP contribution in [0.25, 0.3) is 0 Å². The Balaban J connectivity index is 2.72. The van der Waals surface area contributed by atoms with E-state index in [4.69, 9.17) is 5.73 Å². The lowest BCUT2D eigenvalue weighted by Crippen LogP contribution is -2.37. The van der Waals surface area contributed by atoms with Gasteiger partial charge in [-0.25, -0.2) is 4.98 Å². The molecular formula is C12H19N3O2S. The highest BCUT2D eigenvalue weighted by atomic mass is 32.2. The van der Waals surface area contributed by atoms with E-state index in [-0.39, 0.29) is 10.9 Å². The van der Waals surface area contributed by atoms with Gasteiger partial charge in [-0.3, -0.25) is 9.00 Å². The van der Waals surface area contributed by atoms with Crippen molar-refractivity contribution in [3.63, 3.8) is 0 Å². The number of aromatic nitrogens is 1. The molecule has 0 aliphatic rings. The summed E-state index contributed by atoms with van der Waals surface area (Å²) in [6, 6.07) is 3.29. The summed E-state index contributed by atoms with van der Waals surface area (Å²) in [5.74, 6) is 0.113. The van der Waals surface area contributed by atoms with Gasteiger partial charge in [0.15, 0.2) is 5.03 Å². The molecule has 100 valence electrons. The van der Waals surface area contributed by atoms with Crippen LogP contribution in [0.1, 0.15) is 20.8 Å². The topological polar surface area (TPSA) is 85.1 Å². The van der Waals surface area contributed by atoms with Gasteiger partial charge in [0.25, 0.3) is 0 Å². The van der Waals surface area contributed by atoms with Crippen molar-refractivity contribution in [1.82, 2.24) is 10.3 Å². The second-order valence-corrected chi connectivity index (χ2v) is 6.17. The van der Waals surface area contributed by atoms with E-state index in [0.29, 0.717) is 18.2 Å². The fourth-order valence-corrected chi connectivity index (χ4v) is 2.36. The first-order chi connectivity index (χ1) is 8.43. The number of nitrogens with one attached hydrogen (secondary N) is 1. The van der Waals surface area contributed by atoms with Crippen molar-refractivity contribution in [1.29, 1.82) is 0 Å². The van der Waals surface area contributed by atoms with Crippen molar-refractivity contribution in [2.24, 2.45) is 5.92 Å². The summed E-state index contributed by atoms with van der Waals surface area (Å²) in [7, 11) is -1.53. The smallest absolute Gasteiger partial charge is 0.235 e. The van der Waals surface area contributed by atoms with Crippen LogP contribution in [-0.2, 0) is 15.6 Å². The minimum atomic E-state index is -1.53. The standard InChI is InChI=1S/C12H19N3O2S/c1-8(2)7-15-11(16)9(3)18(17)12-10(13)5-4-6-14-12/h4-6,8-9H,7,13H2,1-3H3,(H,15,16). The molecule has 1 aromatic rings. The highest BCUT2D eigenvalue weighted by Crippen LogP contribution is 2.15. The molecule has 3 N–H and O–H groups in total. The molecule has 2 atom stereocenters. The molecule has 0 aliphatic carbocycles. The van der Waals surface area contributed by atoms with Crippen molar-refractivity contribution in [2.45, 2.75) is 31.0 Å². The largest absolute Gasteiger partial charge is 0.396 e. The molecule has 1 amide bonds. The number of hydrogen-bond donors (Lipinski definition) is 2. The molecule has 1 aromatic heterocycles. The number of carbonyl (C=O) groups excluding carboxylic acids is 1. The third kappa shape index (κ3) is 3.80. The minimum Gasteiger partial charge on any atom is -0.396 e. The molecule has 2 unspecified atom stereocenters. The van der Waals surface area contributed by atoms with Crippen LogP contribution in [0, 0.1) is 5.92 Å². The third-order valence-corrected chi connectivity index (χ3v) is 3.94. The quantitative estimate of drug-likeness (QED) is 0.833. The Morgan fingerprint density at radius 3 is 2.72 bits per heavy atom. The molecule has 0 fully saturated rings. The van der Waals surface area contributed by atoms with Crippen LogP contribution in [-0.4, -0.2) is 26.9 Å².